The molecule has 158 valence electrons. The number of benzene rings is 1. The number of aromatic nitrogens is 5. The van der Waals surface area contributed by atoms with Crippen LogP contribution in [-0.4, -0.2) is 30.5 Å². The van der Waals surface area contributed by atoms with E-state index in [-0.39, 0.29) is 18.0 Å². The minimum absolute atomic E-state index is 0.0338. The third-order valence-electron chi connectivity index (χ3n) is 6.05. The van der Waals surface area contributed by atoms with Gasteiger partial charge in [-0.05, 0) is 39.2 Å². The van der Waals surface area contributed by atoms with Gasteiger partial charge in [0.25, 0.3) is 5.91 Å². The summed E-state index contributed by atoms with van der Waals surface area (Å²) in [7, 11) is 1.96. The number of rotatable bonds is 4. The van der Waals surface area contributed by atoms with Crippen molar-refractivity contribution < 1.29 is 4.79 Å². The van der Waals surface area contributed by atoms with Crippen molar-refractivity contribution in [1.82, 2.24) is 29.9 Å². The number of hydrogen-bond donors (Lipinski definition) is 1. The van der Waals surface area contributed by atoms with E-state index in [1.807, 2.05) is 59.0 Å². The van der Waals surface area contributed by atoms with Gasteiger partial charge in [-0.2, -0.15) is 10.2 Å². The topological polar surface area (TPSA) is 77.6 Å². The highest BCUT2D eigenvalue weighted by Gasteiger charge is 2.26. The maximum absolute atomic E-state index is 13.5. The van der Waals surface area contributed by atoms with Crippen LogP contribution >= 0.6 is 0 Å². The molecule has 0 saturated carbocycles. The fourth-order valence-corrected chi connectivity index (χ4v) is 4.43. The number of nitrogens with one attached hydrogen (secondary N) is 1. The Hall–Kier alpha value is -3.48. The molecule has 1 aromatic carbocycles. The molecule has 7 heteroatoms. The Morgan fingerprint density at radius 2 is 1.97 bits per heavy atom. The van der Waals surface area contributed by atoms with Crippen molar-refractivity contribution in [1.29, 1.82) is 0 Å². The molecule has 4 aromatic rings. The van der Waals surface area contributed by atoms with Crippen LogP contribution in [0.5, 0.6) is 0 Å². The number of carbonyl (C=O) groups is 1. The number of fused-ring (bicyclic) bond motifs is 2. The maximum Gasteiger partial charge on any atom is 0.252 e. The Labute approximate surface area is 181 Å². The first-order valence-corrected chi connectivity index (χ1v) is 10.8. The van der Waals surface area contributed by atoms with Gasteiger partial charge in [0.05, 0.1) is 35.1 Å². The molecule has 0 saturated heterocycles. The standard InChI is InChI=1S/C24H26N6O/c1-15(2)30-23-18(13-26-30)17(12-21(27-23)16-8-5-4-6-9-16)24(31)28-20-10-7-11-22-19(20)14-25-29(22)3/h4-6,8-9,12-15,20H,7,10-11H2,1-3H3,(H,28,31). The van der Waals surface area contributed by atoms with Crippen molar-refractivity contribution in [2.45, 2.75) is 45.2 Å². The molecule has 3 aromatic heterocycles. The van der Waals surface area contributed by atoms with E-state index >= 15 is 0 Å². The zero-order chi connectivity index (χ0) is 21.5. The lowest BCUT2D eigenvalue weighted by molar-refractivity contribution is 0.0934. The van der Waals surface area contributed by atoms with E-state index in [9.17, 15) is 4.79 Å². The Morgan fingerprint density at radius 3 is 2.74 bits per heavy atom. The Kier molecular flexibility index (Phi) is 4.81. The van der Waals surface area contributed by atoms with Crippen molar-refractivity contribution in [3.63, 3.8) is 0 Å². The van der Waals surface area contributed by atoms with Crippen molar-refractivity contribution >= 4 is 16.9 Å². The molecule has 5 rings (SSSR count). The largest absolute Gasteiger partial charge is 0.345 e. The van der Waals surface area contributed by atoms with E-state index in [0.29, 0.717) is 5.56 Å². The van der Waals surface area contributed by atoms with Crippen LogP contribution in [0.15, 0.2) is 48.8 Å². The SMILES string of the molecule is CC(C)n1ncc2c(C(=O)NC3CCCc4c3cnn4C)cc(-c3ccccc3)nc21. The number of pyridine rings is 1. The Morgan fingerprint density at radius 1 is 1.16 bits per heavy atom. The van der Waals surface area contributed by atoms with Gasteiger partial charge in [-0.3, -0.25) is 9.48 Å². The molecule has 0 bridgehead atoms. The third-order valence-corrected chi connectivity index (χ3v) is 6.05. The number of nitrogens with zero attached hydrogens (tertiary/aromatic N) is 5. The number of amides is 1. The second kappa shape index (κ2) is 7.65. The molecule has 31 heavy (non-hydrogen) atoms. The van der Waals surface area contributed by atoms with Crippen LogP contribution in [0, 0.1) is 0 Å². The molecular weight excluding hydrogens is 388 g/mol. The van der Waals surface area contributed by atoms with E-state index < -0.39 is 0 Å². The highest BCUT2D eigenvalue weighted by molar-refractivity contribution is 6.06. The molecule has 0 aliphatic heterocycles. The summed E-state index contributed by atoms with van der Waals surface area (Å²) in [5.74, 6) is -0.102. The van der Waals surface area contributed by atoms with Gasteiger partial charge in [-0.15, -0.1) is 0 Å². The summed E-state index contributed by atoms with van der Waals surface area (Å²) >= 11 is 0. The third kappa shape index (κ3) is 3.40. The summed E-state index contributed by atoms with van der Waals surface area (Å²) in [6, 6.07) is 11.9. The molecule has 0 fully saturated rings. The molecule has 1 amide bonds. The first-order chi connectivity index (χ1) is 15.0. The summed E-state index contributed by atoms with van der Waals surface area (Å²) in [6.45, 7) is 4.13. The monoisotopic (exact) mass is 414 g/mol. The minimum Gasteiger partial charge on any atom is -0.345 e. The van der Waals surface area contributed by atoms with Crippen LogP contribution in [0.25, 0.3) is 22.3 Å². The zero-order valence-electron chi connectivity index (χ0n) is 18.0. The van der Waals surface area contributed by atoms with Gasteiger partial charge in [0.1, 0.15) is 0 Å². The average Bonchev–Trinajstić information content (AvgIpc) is 3.38. The summed E-state index contributed by atoms with van der Waals surface area (Å²) in [5, 5.41) is 12.9. The van der Waals surface area contributed by atoms with E-state index in [1.165, 1.54) is 5.69 Å². The van der Waals surface area contributed by atoms with Gasteiger partial charge in [0.15, 0.2) is 5.65 Å². The summed E-state index contributed by atoms with van der Waals surface area (Å²) < 4.78 is 3.79. The highest BCUT2D eigenvalue weighted by Crippen LogP contribution is 2.31. The van der Waals surface area contributed by atoms with Crippen LogP contribution in [0.4, 0.5) is 0 Å². The average molecular weight is 415 g/mol. The fourth-order valence-electron chi connectivity index (χ4n) is 4.43. The van der Waals surface area contributed by atoms with E-state index in [2.05, 4.69) is 29.4 Å². The van der Waals surface area contributed by atoms with Crippen molar-refractivity contribution in [2.24, 2.45) is 7.05 Å². The van der Waals surface area contributed by atoms with Crippen LogP contribution in [-0.2, 0) is 13.5 Å². The zero-order valence-corrected chi connectivity index (χ0v) is 18.0. The molecule has 1 aliphatic rings. The van der Waals surface area contributed by atoms with Crippen LogP contribution in [0.1, 0.15) is 60.4 Å². The van der Waals surface area contributed by atoms with Gasteiger partial charge >= 0.3 is 0 Å². The molecule has 1 atom stereocenters. The van der Waals surface area contributed by atoms with Gasteiger partial charge in [0.2, 0.25) is 0 Å². The highest BCUT2D eigenvalue weighted by atomic mass is 16.1. The summed E-state index contributed by atoms with van der Waals surface area (Å²) in [6.07, 6.45) is 6.58. The normalized spacial score (nSPS) is 15.9. The molecule has 1 unspecified atom stereocenters. The summed E-state index contributed by atoms with van der Waals surface area (Å²) in [5.41, 5.74) is 5.40. The molecular formula is C24H26N6O. The smallest absolute Gasteiger partial charge is 0.252 e. The Bertz CT molecular complexity index is 1250. The van der Waals surface area contributed by atoms with Gasteiger partial charge in [0, 0.05) is 29.9 Å². The number of carbonyl (C=O) groups excluding carboxylic acids is 1. The molecule has 1 aliphatic carbocycles. The van der Waals surface area contributed by atoms with E-state index in [0.717, 1.165) is 47.1 Å². The van der Waals surface area contributed by atoms with Crippen molar-refractivity contribution in [2.75, 3.05) is 0 Å². The van der Waals surface area contributed by atoms with E-state index in [4.69, 9.17) is 4.98 Å². The van der Waals surface area contributed by atoms with Crippen molar-refractivity contribution in [3.8, 4) is 11.3 Å². The van der Waals surface area contributed by atoms with Gasteiger partial charge < -0.3 is 5.32 Å². The lowest BCUT2D eigenvalue weighted by atomic mass is 9.92. The lowest BCUT2D eigenvalue weighted by Gasteiger charge is -2.24. The summed E-state index contributed by atoms with van der Waals surface area (Å²) in [4.78, 5) is 18.4. The first kappa shape index (κ1) is 19.5. The van der Waals surface area contributed by atoms with Crippen LogP contribution in [0.3, 0.4) is 0 Å². The van der Waals surface area contributed by atoms with Crippen LogP contribution in [0.2, 0.25) is 0 Å². The molecule has 0 spiro atoms. The number of aryl methyl sites for hydroxylation is 1. The van der Waals surface area contributed by atoms with Crippen LogP contribution < -0.4 is 5.32 Å². The van der Waals surface area contributed by atoms with Crippen molar-refractivity contribution in [3.05, 3.63) is 65.6 Å². The van der Waals surface area contributed by atoms with Gasteiger partial charge in [-0.1, -0.05) is 30.3 Å². The number of hydrogen-bond acceptors (Lipinski definition) is 4. The maximum atomic E-state index is 13.5. The molecule has 3 heterocycles. The quantitative estimate of drug-likeness (QED) is 0.542. The van der Waals surface area contributed by atoms with Gasteiger partial charge in [-0.25, -0.2) is 9.67 Å². The first-order valence-electron chi connectivity index (χ1n) is 10.8. The Balaban J connectivity index is 1.58. The second-order valence-corrected chi connectivity index (χ2v) is 8.43. The fraction of sp³-hybridized carbons (Fsp3) is 0.333. The lowest BCUT2D eigenvalue weighted by Crippen LogP contribution is -2.31. The minimum atomic E-state index is -0.102. The molecule has 7 nitrogen and oxygen atoms in total. The predicted molar refractivity (Wildman–Crippen MR) is 120 cm³/mol. The van der Waals surface area contributed by atoms with E-state index in [1.54, 1.807) is 6.20 Å². The molecule has 1 N–H and O–H groups in total. The predicted octanol–water partition coefficient (Wildman–Crippen LogP) is 4.22. The molecule has 0 radical (unpaired) electrons. The second-order valence-electron chi connectivity index (χ2n) is 8.43.